The maximum absolute atomic E-state index is 6.01. The summed E-state index contributed by atoms with van der Waals surface area (Å²) in [4.78, 5) is 4.08. The predicted molar refractivity (Wildman–Crippen MR) is 72.8 cm³/mol. The van der Waals surface area contributed by atoms with E-state index in [2.05, 4.69) is 10.3 Å². The molecule has 0 aliphatic rings. The Morgan fingerprint density at radius 1 is 1.06 bits per heavy atom. The number of nitrogens with zero attached hydrogens (tertiary/aromatic N) is 1. The van der Waals surface area contributed by atoms with Gasteiger partial charge in [0.25, 0.3) is 0 Å². The van der Waals surface area contributed by atoms with E-state index in [0.717, 1.165) is 0 Å². The fourth-order valence-corrected chi connectivity index (χ4v) is 1.62. The van der Waals surface area contributed by atoms with Gasteiger partial charge in [-0.3, -0.25) is 0 Å². The maximum Gasteiger partial charge on any atom is 0.149 e. The number of aromatic nitrogens is 1. The first-order valence-corrected chi connectivity index (χ1v) is 5.56. The number of hydrogen-bond acceptors (Lipinski definition) is 4. The standard InChI is InChI=1S/C11H10Cl2N4/c12-6-1-2-7(13)9(5-6)16-10-4-3-8(14)11(15)17-10/h1-5H,14H2,(H3,15,16,17). The third kappa shape index (κ3) is 2.72. The van der Waals surface area contributed by atoms with Gasteiger partial charge in [0.05, 0.1) is 16.4 Å². The van der Waals surface area contributed by atoms with Gasteiger partial charge in [-0.25, -0.2) is 4.98 Å². The van der Waals surface area contributed by atoms with Crippen LogP contribution in [0.1, 0.15) is 0 Å². The summed E-state index contributed by atoms with van der Waals surface area (Å²) in [6.07, 6.45) is 0. The number of hydrogen-bond donors (Lipinski definition) is 3. The van der Waals surface area contributed by atoms with Gasteiger partial charge in [-0.1, -0.05) is 23.2 Å². The van der Waals surface area contributed by atoms with Crippen molar-refractivity contribution >= 4 is 46.2 Å². The zero-order valence-electron chi connectivity index (χ0n) is 8.74. The first-order chi connectivity index (χ1) is 8.06. The number of halogens is 2. The normalized spacial score (nSPS) is 10.2. The van der Waals surface area contributed by atoms with E-state index in [0.29, 0.717) is 27.2 Å². The zero-order valence-corrected chi connectivity index (χ0v) is 10.3. The second-order valence-corrected chi connectivity index (χ2v) is 4.26. The molecular formula is C11H10Cl2N4. The lowest BCUT2D eigenvalue weighted by Crippen LogP contribution is -2.01. The molecule has 0 unspecified atom stereocenters. The Hall–Kier alpha value is -1.65. The van der Waals surface area contributed by atoms with Crippen molar-refractivity contribution in [2.24, 2.45) is 0 Å². The summed E-state index contributed by atoms with van der Waals surface area (Å²) < 4.78 is 0. The van der Waals surface area contributed by atoms with E-state index in [4.69, 9.17) is 34.7 Å². The monoisotopic (exact) mass is 268 g/mol. The molecule has 2 aromatic rings. The number of nitrogens with one attached hydrogen (secondary N) is 1. The fourth-order valence-electron chi connectivity index (χ4n) is 1.29. The molecule has 0 aliphatic heterocycles. The molecular weight excluding hydrogens is 259 g/mol. The van der Waals surface area contributed by atoms with Crippen LogP contribution in [-0.4, -0.2) is 4.98 Å². The van der Waals surface area contributed by atoms with Gasteiger partial charge in [-0.05, 0) is 30.3 Å². The number of nitrogen functional groups attached to an aromatic ring is 2. The fraction of sp³-hybridized carbons (Fsp3) is 0. The summed E-state index contributed by atoms with van der Waals surface area (Å²) in [6.45, 7) is 0. The Bertz CT molecular complexity index is 557. The molecule has 1 heterocycles. The van der Waals surface area contributed by atoms with Crippen LogP contribution < -0.4 is 16.8 Å². The number of benzene rings is 1. The molecule has 0 fully saturated rings. The molecule has 88 valence electrons. The molecule has 0 saturated carbocycles. The minimum absolute atomic E-state index is 0.271. The van der Waals surface area contributed by atoms with Crippen molar-refractivity contribution < 1.29 is 0 Å². The molecule has 1 aromatic carbocycles. The van der Waals surface area contributed by atoms with E-state index in [9.17, 15) is 0 Å². The third-order valence-corrected chi connectivity index (χ3v) is 2.71. The van der Waals surface area contributed by atoms with Gasteiger partial charge in [0.2, 0.25) is 0 Å². The van der Waals surface area contributed by atoms with Gasteiger partial charge < -0.3 is 16.8 Å². The van der Waals surface area contributed by atoms with Crippen LogP contribution in [0, 0.1) is 0 Å². The molecule has 0 aliphatic carbocycles. The van der Waals surface area contributed by atoms with Crippen LogP contribution in [0.4, 0.5) is 23.0 Å². The van der Waals surface area contributed by atoms with Gasteiger partial charge in [-0.15, -0.1) is 0 Å². The lowest BCUT2D eigenvalue weighted by molar-refractivity contribution is 1.32. The van der Waals surface area contributed by atoms with Crippen molar-refractivity contribution in [2.45, 2.75) is 0 Å². The highest BCUT2D eigenvalue weighted by Gasteiger charge is 2.04. The van der Waals surface area contributed by atoms with E-state index in [1.807, 2.05) is 0 Å². The van der Waals surface area contributed by atoms with E-state index < -0.39 is 0 Å². The summed E-state index contributed by atoms with van der Waals surface area (Å²) in [6, 6.07) is 8.50. The van der Waals surface area contributed by atoms with Crippen LogP contribution in [0.25, 0.3) is 0 Å². The molecule has 0 saturated heterocycles. The molecule has 6 heteroatoms. The third-order valence-electron chi connectivity index (χ3n) is 2.15. The smallest absolute Gasteiger partial charge is 0.149 e. The van der Waals surface area contributed by atoms with Gasteiger partial charge in [-0.2, -0.15) is 0 Å². The summed E-state index contributed by atoms with van der Waals surface area (Å²) in [7, 11) is 0. The lowest BCUT2D eigenvalue weighted by atomic mass is 10.3. The quantitative estimate of drug-likeness (QED) is 0.781. The van der Waals surface area contributed by atoms with E-state index >= 15 is 0 Å². The number of pyridine rings is 1. The highest BCUT2D eigenvalue weighted by molar-refractivity contribution is 6.35. The predicted octanol–water partition coefficient (Wildman–Crippen LogP) is 3.30. The Labute approximate surface area is 109 Å². The van der Waals surface area contributed by atoms with E-state index in [1.165, 1.54) is 0 Å². The molecule has 1 aromatic heterocycles. The summed E-state index contributed by atoms with van der Waals surface area (Å²) >= 11 is 11.9. The van der Waals surface area contributed by atoms with Gasteiger partial charge in [0.15, 0.2) is 0 Å². The molecule has 5 N–H and O–H groups in total. The second-order valence-electron chi connectivity index (χ2n) is 3.42. The minimum Gasteiger partial charge on any atom is -0.396 e. The largest absolute Gasteiger partial charge is 0.396 e. The van der Waals surface area contributed by atoms with E-state index in [-0.39, 0.29) is 5.82 Å². The van der Waals surface area contributed by atoms with Gasteiger partial charge in [0, 0.05) is 5.02 Å². The van der Waals surface area contributed by atoms with Crippen molar-refractivity contribution in [2.75, 3.05) is 16.8 Å². The second kappa shape index (κ2) is 4.69. The number of anilines is 4. The lowest BCUT2D eigenvalue weighted by Gasteiger charge is -2.09. The molecule has 0 bridgehead atoms. The molecule has 4 nitrogen and oxygen atoms in total. The Balaban J connectivity index is 2.31. The maximum atomic E-state index is 6.01. The molecule has 0 amide bonds. The van der Waals surface area contributed by atoms with E-state index in [1.54, 1.807) is 30.3 Å². The summed E-state index contributed by atoms with van der Waals surface area (Å²) in [5.74, 6) is 0.828. The van der Waals surface area contributed by atoms with Crippen molar-refractivity contribution in [3.05, 3.63) is 40.4 Å². The van der Waals surface area contributed by atoms with Crippen LogP contribution >= 0.6 is 23.2 Å². The Kier molecular flexibility index (Phi) is 3.26. The van der Waals surface area contributed by atoms with Crippen molar-refractivity contribution in [1.29, 1.82) is 0 Å². The number of nitrogens with two attached hydrogens (primary N) is 2. The highest BCUT2D eigenvalue weighted by Crippen LogP contribution is 2.28. The SMILES string of the molecule is Nc1ccc(Nc2cc(Cl)ccc2Cl)nc1N. The van der Waals surface area contributed by atoms with Crippen molar-refractivity contribution in [3.63, 3.8) is 0 Å². The highest BCUT2D eigenvalue weighted by atomic mass is 35.5. The van der Waals surface area contributed by atoms with Crippen LogP contribution in [-0.2, 0) is 0 Å². The Morgan fingerprint density at radius 3 is 2.53 bits per heavy atom. The molecule has 0 radical (unpaired) electrons. The van der Waals surface area contributed by atoms with Crippen LogP contribution in [0.15, 0.2) is 30.3 Å². The average Bonchev–Trinajstić information content (AvgIpc) is 2.29. The molecule has 17 heavy (non-hydrogen) atoms. The van der Waals surface area contributed by atoms with Crippen molar-refractivity contribution in [3.8, 4) is 0 Å². The molecule has 0 atom stereocenters. The Morgan fingerprint density at radius 2 is 1.82 bits per heavy atom. The zero-order chi connectivity index (χ0) is 12.4. The average molecular weight is 269 g/mol. The van der Waals surface area contributed by atoms with Crippen LogP contribution in [0.3, 0.4) is 0 Å². The topological polar surface area (TPSA) is 77.0 Å². The summed E-state index contributed by atoms with van der Waals surface area (Å²) in [5, 5.41) is 4.15. The van der Waals surface area contributed by atoms with Crippen LogP contribution in [0.2, 0.25) is 10.0 Å². The first-order valence-electron chi connectivity index (χ1n) is 4.80. The van der Waals surface area contributed by atoms with Gasteiger partial charge in [0.1, 0.15) is 11.6 Å². The van der Waals surface area contributed by atoms with Crippen LogP contribution in [0.5, 0.6) is 0 Å². The minimum atomic E-state index is 0.271. The van der Waals surface area contributed by atoms with Crippen molar-refractivity contribution in [1.82, 2.24) is 4.98 Å². The first kappa shape index (κ1) is 11.8. The molecule has 2 rings (SSSR count). The summed E-state index contributed by atoms with van der Waals surface area (Å²) in [5.41, 5.74) is 12.3. The molecule has 0 spiro atoms. The van der Waals surface area contributed by atoms with Gasteiger partial charge >= 0.3 is 0 Å². The number of rotatable bonds is 2.